The lowest BCUT2D eigenvalue weighted by Gasteiger charge is -2.11. The van der Waals surface area contributed by atoms with Crippen molar-refractivity contribution in [1.82, 2.24) is 0 Å². The first-order valence-corrected chi connectivity index (χ1v) is 3.75. The summed E-state index contributed by atoms with van der Waals surface area (Å²) in [7, 11) is 0. The van der Waals surface area contributed by atoms with Gasteiger partial charge in [0.25, 0.3) is 0 Å². The fourth-order valence-corrected chi connectivity index (χ4v) is 1.05. The van der Waals surface area contributed by atoms with Gasteiger partial charge < -0.3 is 14.2 Å². The van der Waals surface area contributed by atoms with E-state index in [0.717, 1.165) is 0 Å². The molecule has 1 aliphatic rings. The van der Waals surface area contributed by atoms with Gasteiger partial charge in [-0.25, -0.2) is 9.59 Å². The Morgan fingerprint density at radius 2 is 2.23 bits per heavy atom. The summed E-state index contributed by atoms with van der Waals surface area (Å²) in [5.41, 5.74) is 0. The summed E-state index contributed by atoms with van der Waals surface area (Å²) in [5.74, 6) is 0. The lowest BCUT2D eigenvalue weighted by molar-refractivity contribution is 0.0854. The Bertz CT molecular complexity index is 213. The van der Waals surface area contributed by atoms with Crippen LogP contribution in [0.4, 0.5) is 4.79 Å². The van der Waals surface area contributed by atoms with Crippen molar-refractivity contribution in [1.29, 1.82) is 0 Å². The molecule has 1 aliphatic heterocycles. The van der Waals surface area contributed by atoms with Gasteiger partial charge in [-0.15, -0.1) is 6.58 Å². The van der Waals surface area contributed by atoms with E-state index < -0.39 is 18.4 Å². The predicted octanol–water partition coefficient (Wildman–Crippen LogP) is 0.550. The minimum absolute atomic E-state index is 0.0340. The van der Waals surface area contributed by atoms with E-state index in [0.29, 0.717) is 6.42 Å². The van der Waals surface area contributed by atoms with Crippen LogP contribution in [-0.2, 0) is 19.0 Å². The van der Waals surface area contributed by atoms with Crippen LogP contribution in [0.3, 0.4) is 0 Å². The Hall–Kier alpha value is -1.52. The third-order valence-electron chi connectivity index (χ3n) is 1.62. The Morgan fingerprint density at radius 1 is 1.54 bits per heavy atom. The number of hydrogen-bond donors (Lipinski definition) is 0. The molecule has 0 aromatic heterocycles. The van der Waals surface area contributed by atoms with Gasteiger partial charge in [-0.05, 0) is 0 Å². The normalized spacial score (nSPS) is 26.0. The fraction of sp³-hybridized carbons (Fsp3) is 0.500. The van der Waals surface area contributed by atoms with E-state index in [2.05, 4.69) is 11.3 Å². The number of carbonyl (C=O) groups excluding carboxylic acids is 2. The average Bonchev–Trinajstić information content (AvgIpc) is 2.44. The van der Waals surface area contributed by atoms with Gasteiger partial charge in [-0.1, -0.05) is 6.08 Å². The first-order chi connectivity index (χ1) is 6.27. The van der Waals surface area contributed by atoms with Crippen molar-refractivity contribution in [2.24, 2.45) is 0 Å². The third kappa shape index (κ3) is 2.47. The lowest BCUT2D eigenvalue weighted by atomic mass is 10.1. The van der Waals surface area contributed by atoms with Gasteiger partial charge >= 0.3 is 12.6 Å². The number of rotatable bonds is 5. The number of cyclic esters (lactones) is 2. The molecular weight excluding hydrogens is 176 g/mol. The first-order valence-electron chi connectivity index (χ1n) is 3.75. The minimum Gasteiger partial charge on any atom is -0.453 e. The molecule has 0 N–H and O–H groups in total. The van der Waals surface area contributed by atoms with E-state index in [-0.39, 0.29) is 6.61 Å². The molecule has 1 saturated heterocycles. The standard InChI is InChI=1S/C8H9O5/c1-2-3-6-7(4-11-5-9)13-8(10)12-6/h2,6-7H,1,3-4H2. The van der Waals surface area contributed by atoms with Gasteiger partial charge in [0.05, 0.1) is 0 Å². The summed E-state index contributed by atoms with van der Waals surface area (Å²) < 4.78 is 13.8. The summed E-state index contributed by atoms with van der Waals surface area (Å²) >= 11 is 0. The van der Waals surface area contributed by atoms with E-state index >= 15 is 0 Å². The third-order valence-corrected chi connectivity index (χ3v) is 1.62. The monoisotopic (exact) mass is 185 g/mol. The molecule has 5 nitrogen and oxygen atoms in total. The van der Waals surface area contributed by atoms with Crippen LogP contribution in [-0.4, -0.2) is 31.4 Å². The van der Waals surface area contributed by atoms with Gasteiger partial charge in [0.1, 0.15) is 12.7 Å². The molecular formula is C8H9O5. The smallest absolute Gasteiger partial charge is 0.453 e. The molecule has 5 heteroatoms. The topological polar surface area (TPSA) is 61.8 Å². The van der Waals surface area contributed by atoms with Crippen LogP contribution < -0.4 is 0 Å². The molecule has 1 radical (unpaired) electrons. The van der Waals surface area contributed by atoms with E-state index in [1.165, 1.54) is 6.47 Å². The Balaban J connectivity index is 2.44. The molecule has 13 heavy (non-hydrogen) atoms. The molecule has 1 fully saturated rings. The summed E-state index contributed by atoms with van der Waals surface area (Å²) in [5, 5.41) is 0. The maximum atomic E-state index is 10.7. The summed E-state index contributed by atoms with van der Waals surface area (Å²) in [6.07, 6.45) is 0.361. The van der Waals surface area contributed by atoms with Crippen LogP contribution in [0.1, 0.15) is 6.42 Å². The second kappa shape index (κ2) is 4.49. The number of carbonyl (C=O) groups is 1. The van der Waals surface area contributed by atoms with E-state index in [4.69, 9.17) is 9.47 Å². The second-order valence-corrected chi connectivity index (χ2v) is 2.48. The van der Waals surface area contributed by atoms with Gasteiger partial charge in [0.15, 0.2) is 6.10 Å². The van der Waals surface area contributed by atoms with Gasteiger partial charge in [0, 0.05) is 6.42 Å². The van der Waals surface area contributed by atoms with Crippen LogP contribution in [0.5, 0.6) is 0 Å². The van der Waals surface area contributed by atoms with Crippen LogP contribution in [0.2, 0.25) is 0 Å². The first kappa shape index (κ1) is 9.57. The van der Waals surface area contributed by atoms with Crippen molar-refractivity contribution in [3.63, 3.8) is 0 Å². The SMILES string of the molecule is C=CCC1OC(=O)OC1CO[C]=O. The highest BCUT2D eigenvalue weighted by atomic mass is 16.8. The maximum absolute atomic E-state index is 10.7. The highest BCUT2D eigenvalue weighted by Crippen LogP contribution is 2.18. The van der Waals surface area contributed by atoms with Crippen LogP contribution >= 0.6 is 0 Å². The number of hydrogen-bond acceptors (Lipinski definition) is 5. The molecule has 2 unspecified atom stereocenters. The summed E-state index contributed by atoms with van der Waals surface area (Å²) in [6.45, 7) is 4.71. The zero-order valence-corrected chi connectivity index (χ0v) is 6.89. The largest absolute Gasteiger partial charge is 0.509 e. The molecule has 0 aromatic carbocycles. The van der Waals surface area contributed by atoms with Gasteiger partial charge in [-0.2, -0.15) is 0 Å². The van der Waals surface area contributed by atoms with Crippen molar-refractivity contribution in [3.8, 4) is 0 Å². The summed E-state index contributed by atoms with van der Waals surface area (Å²) in [4.78, 5) is 20.4. The predicted molar refractivity (Wildman–Crippen MR) is 41.6 cm³/mol. The zero-order valence-electron chi connectivity index (χ0n) is 6.89. The molecule has 0 saturated carbocycles. The Kier molecular flexibility index (Phi) is 3.31. The molecule has 0 spiro atoms. The molecule has 71 valence electrons. The summed E-state index contributed by atoms with van der Waals surface area (Å²) in [6, 6.07) is 0. The molecule has 1 heterocycles. The van der Waals surface area contributed by atoms with Crippen molar-refractivity contribution < 1.29 is 23.8 Å². The van der Waals surface area contributed by atoms with Crippen molar-refractivity contribution in [3.05, 3.63) is 12.7 Å². The van der Waals surface area contributed by atoms with Gasteiger partial charge in [0.2, 0.25) is 0 Å². The molecule has 2 atom stereocenters. The highest BCUT2D eigenvalue weighted by Gasteiger charge is 2.36. The minimum atomic E-state index is -0.744. The van der Waals surface area contributed by atoms with E-state index in [1.54, 1.807) is 6.08 Å². The van der Waals surface area contributed by atoms with Crippen molar-refractivity contribution in [2.75, 3.05) is 6.61 Å². The second-order valence-electron chi connectivity index (χ2n) is 2.48. The average molecular weight is 185 g/mol. The molecule has 0 aromatic rings. The molecule has 0 amide bonds. The lowest BCUT2D eigenvalue weighted by Crippen LogP contribution is -2.26. The fourth-order valence-electron chi connectivity index (χ4n) is 1.05. The zero-order chi connectivity index (χ0) is 9.68. The van der Waals surface area contributed by atoms with Crippen LogP contribution in [0.15, 0.2) is 12.7 Å². The van der Waals surface area contributed by atoms with Crippen molar-refractivity contribution in [2.45, 2.75) is 18.6 Å². The quantitative estimate of drug-likeness (QED) is 0.462. The number of ether oxygens (including phenoxy) is 3. The Labute approximate surface area is 75.3 Å². The Morgan fingerprint density at radius 3 is 2.85 bits per heavy atom. The van der Waals surface area contributed by atoms with E-state index in [9.17, 15) is 9.59 Å². The van der Waals surface area contributed by atoms with Gasteiger partial charge in [-0.3, -0.25) is 0 Å². The van der Waals surface area contributed by atoms with Crippen LogP contribution in [0.25, 0.3) is 0 Å². The molecule has 0 aliphatic carbocycles. The molecule has 1 rings (SSSR count). The maximum Gasteiger partial charge on any atom is 0.509 e. The van der Waals surface area contributed by atoms with E-state index in [1.807, 2.05) is 0 Å². The highest BCUT2D eigenvalue weighted by molar-refractivity contribution is 5.62. The van der Waals surface area contributed by atoms with Crippen molar-refractivity contribution >= 4 is 12.6 Å². The van der Waals surface area contributed by atoms with Crippen LogP contribution in [0, 0.1) is 0 Å². The molecule has 0 bridgehead atoms.